The van der Waals surface area contributed by atoms with Crippen LogP contribution in [0.15, 0.2) is 33.8 Å². The maximum atomic E-state index is 12.2. The number of sulfonamides is 1. The molecule has 2 aromatic rings. The van der Waals surface area contributed by atoms with Crippen LogP contribution in [0.3, 0.4) is 0 Å². The molecule has 0 aliphatic rings. The topological polar surface area (TPSA) is 72.0 Å². The van der Waals surface area contributed by atoms with Crippen molar-refractivity contribution in [3.05, 3.63) is 45.3 Å². The molecule has 0 aromatic carbocycles. The molecule has 8 heteroatoms. The number of hydrogen-bond donors (Lipinski definition) is 1. The van der Waals surface area contributed by atoms with Crippen LogP contribution in [-0.4, -0.2) is 18.4 Å². The molecule has 0 spiro atoms. The third-order valence-electron chi connectivity index (χ3n) is 2.42. The average Bonchev–Trinajstić information content (AvgIpc) is 2.30. The first-order valence-corrected chi connectivity index (χ1v) is 8.22. The molecule has 0 unspecified atom stereocenters. The van der Waals surface area contributed by atoms with Crippen LogP contribution in [0.25, 0.3) is 0 Å². The van der Waals surface area contributed by atoms with Crippen molar-refractivity contribution in [1.29, 1.82) is 0 Å². The van der Waals surface area contributed by atoms with E-state index in [1.165, 1.54) is 12.3 Å². The molecular formula is C12H11BrClN3O2S. The van der Waals surface area contributed by atoms with E-state index >= 15 is 0 Å². The van der Waals surface area contributed by atoms with Crippen LogP contribution < -0.4 is 4.72 Å². The Labute approximate surface area is 130 Å². The van der Waals surface area contributed by atoms with Crippen molar-refractivity contribution in [1.82, 2.24) is 9.97 Å². The minimum atomic E-state index is -3.75. The quantitative estimate of drug-likeness (QED) is 0.834. The number of rotatable bonds is 3. The summed E-state index contributed by atoms with van der Waals surface area (Å²) >= 11 is 8.89. The molecule has 0 fully saturated rings. The Morgan fingerprint density at radius 2 is 1.95 bits per heavy atom. The number of nitrogens with zero attached hydrogens (tertiary/aromatic N) is 2. The summed E-state index contributed by atoms with van der Waals surface area (Å²) in [4.78, 5) is 7.95. The minimum Gasteiger partial charge on any atom is -0.263 e. The Balaban J connectivity index is 2.37. The molecule has 2 heterocycles. The van der Waals surface area contributed by atoms with E-state index in [0.29, 0.717) is 4.47 Å². The largest absolute Gasteiger partial charge is 0.264 e. The van der Waals surface area contributed by atoms with E-state index in [-0.39, 0.29) is 15.9 Å². The summed E-state index contributed by atoms with van der Waals surface area (Å²) < 4.78 is 27.3. The number of anilines is 1. The number of aryl methyl sites for hydroxylation is 2. The van der Waals surface area contributed by atoms with Gasteiger partial charge in [-0.1, -0.05) is 11.6 Å². The molecule has 0 saturated carbocycles. The molecule has 5 nitrogen and oxygen atoms in total. The molecule has 0 bridgehead atoms. The van der Waals surface area contributed by atoms with Crippen LogP contribution in [-0.2, 0) is 10.0 Å². The summed E-state index contributed by atoms with van der Waals surface area (Å²) in [5.74, 6) is 0.272. The number of pyridine rings is 2. The molecule has 2 aromatic heterocycles. The van der Waals surface area contributed by atoms with E-state index in [0.717, 1.165) is 11.3 Å². The van der Waals surface area contributed by atoms with Crippen molar-refractivity contribution in [2.24, 2.45) is 0 Å². The zero-order chi connectivity index (χ0) is 14.9. The van der Waals surface area contributed by atoms with Crippen molar-refractivity contribution >= 4 is 43.4 Å². The van der Waals surface area contributed by atoms with E-state index in [9.17, 15) is 8.42 Å². The Morgan fingerprint density at radius 1 is 1.25 bits per heavy atom. The summed E-state index contributed by atoms with van der Waals surface area (Å²) in [7, 11) is -3.75. The number of hydrogen-bond acceptors (Lipinski definition) is 4. The third kappa shape index (κ3) is 3.47. The van der Waals surface area contributed by atoms with Gasteiger partial charge in [-0.3, -0.25) is 4.72 Å². The van der Waals surface area contributed by atoms with Gasteiger partial charge in [0.25, 0.3) is 10.0 Å². The van der Waals surface area contributed by atoms with Gasteiger partial charge in [0.2, 0.25) is 0 Å². The fourth-order valence-electron chi connectivity index (χ4n) is 1.64. The molecule has 20 heavy (non-hydrogen) atoms. The zero-order valence-electron chi connectivity index (χ0n) is 10.7. The normalized spacial score (nSPS) is 11.4. The van der Waals surface area contributed by atoms with Gasteiger partial charge in [0.05, 0.1) is 4.47 Å². The van der Waals surface area contributed by atoms with Gasteiger partial charge in [-0.2, -0.15) is 0 Å². The highest BCUT2D eigenvalue weighted by Gasteiger charge is 2.17. The van der Waals surface area contributed by atoms with Gasteiger partial charge in [-0.25, -0.2) is 18.4 Å². The lowest BCUT2D eigenvalue weighted by Gasteiger charge is -2.09. The first kappa shape index (κ1) is 15.2. The second-order valence-electron chi connectivity index (χ2n) is 4.22. The Kier molecular flexibility index (Phi) is 4.31. The molecule has 0 aliphatic carbocycles. The van der Waals surface area contributed by atoms with Crippen molar-refractivity contribution in [3.8, 4) is 0 Å². The first-order chi connectivity index (χ1) is 9.28. The van der Waals surface area contributed by atoms with Gasteiger partial charge < -0.3 is 0 Å². The van der Waals surface area contributed by atoms with Crippen molar-refractivity contribution in [2.45, 2.75) is 18.7 Å². The van der Waals surface area contributed by atoms with E-state index in [1.807, 2.05) is 13.0 Å². The summed E-state index contributed by atoms with van der Waals surface area (Å²) in [5.41, 5.74) is 1.66. The predicted octanol–water partition coefficient (Wildman–Crippen LogP) is 3.31. The monoisotopic (exact) mass is 375 g/mol. The van der Waals surface area contributed by atoms with Crippen LogP contribution >= 0.6 is 27.5 Å². The third-order valence-corrected chi connectivity index (χ3v) is 4.87. The van der Waals surface area contributed by atoms with Gasteiger partial charge in [0.1, 0.15) is 15.9 Å². The van der Waals surface area contributed by atoms with E-state index < -0.39 is 10.0 Å². The molecule has 2 rings (SSSR count). The van der Waals surface area contributed by atoms with Gasteiger partial charge in [0, 0.05) is 11.9 Å². The van der Waals surface area contributed by atoms with Gasteiger partial charge >= 0.3 is 0 Å². The number of aromatic nitrogens is 2. The number of halogens is 2. The molecule has 106 valence electrons. The van der Waals surface area contributed by atoms with Crippen LogP contribution in [0.2, 0.25) is 5.15 Å². The van der Waals surface area contributed by atoms with Gasteiger partial charge in [-0.15, -0.1) is 0 Å². The smallest absolute Gasteiger partial charge is 0.263 e. The van der Waals surface area contributed by atoms with Gasteiger partial charge in [-0.05, 0) is 53.5 Å². The van der Waals surface area contributed by atoms with Crippen molar-refractivity contribution in [2.75, 3.05) is 4.72 Å². The number of nitrogens with one attached hydrogen (secondary N) is 1. The van der Waals surface area contributed by atoms with E-state index in [1.54, 1.807) is 13.0 Å². The molecule has 0 atom stereocenters. The average molecular weight is 377 g/mol. The lowest BCUT2D eigenvalue weighted by Crippen LogP contribution is -2.14. The molecule has 0 saturated heterocycles. The predicted molar refractivity (Wildman–Crippen MR) is 81.5 cm³/mol. The fourth-order valence-corrected chi connectivity index (χ4v) is 3.21. The highest BCUT2D eigenvalue weighted by molar-refractivity contribution is 9.10. The Bertz CT molecular complexity index is 745. The molecule has 0 radical (unpaired) electrons. The Hall–Kier alpha value is -1.18. The van der Waals surface area contributed by atoms with Crippen molar-refractivity contribution in [3.63, 3.8) is 0 Å². The standard InChI is InChI=1S/C12H11BrClN3O2S/c1-7-3-8(2)16-11(4-7)17-20(18,19)9-5-10(13)12(14)15-6-9/h3-6H,1-2H3,(H,16,17). The van der Waals surface area contributed by atoms with Crippen LogP contribution in [0, 0.1) is 13.8 Å². The molecular weight excluding hydrogens is 366 g/mol. The lowest BCUT2D eigenvalue weighted by molar-refractivity contribution is 0.600. The van der Waals surface area contributed by atoms with E-state index in [4.69, 9.17) is 11.6 Å². The molecule has 0 aliphatic heterocycles. The Morgan fingerprint density at radius 3 is 2.55 bits per heavy atom. The second kappa shape index (κ2) is 5.67. The van der Waals surface area contributed by atoms with Crippen LogP contribution in [0.1, 0.15) is 11.3 Å². The van der Waals surface area contributed by atoms with Gasteiger partial charge in [0.15, 0.2) is 0 Å². The SMILES string of the molecule is Cc1cc(C)nc(NS(=O)(=O)c2cnc(Cl)c(Br)c2)c1. The molecule has 1 N–H and O–H groups in total. The second-order valence-corrected chi connectivity index (χ2v) is 7.12. The summed E-state index contributed by atoms with van der Waals surface area (Å²) in [6.07, 6.45) is 1.19. The first-order valence-electron chi connectivity index (χ1n) is 5.57. The molecule has 0 amide bonds. The summed E-state index contributed by atoms with van der Waals surface area (Å²) in [6.45, 7) is 3.66. The van der Waals surface area contributed by atoms with Crippen LogP contribution in [0.4, 0.5) is 5.82 Å². The minimum absolute atomic E-state index is 0.00901. The zero-order valence-corrected chi connectivity index (χ0v) is 13.8. The van der Waals surface area contributed by atoms with Crippen LogP contribution in [0.5, 0.6) is 0 Å². The maximum Gasteiger partial charge on any atom is 0.264 e. The highest BCUT2D eigenvalue weighted by atomic mass is 79.9. The van der Waals surface area contributed by atoms with Crippen molar-refractivity contribution < 1.29 is 8.42 Å². The van der Waals surface area contributed by atoms with E-state index in [2.05, 4.69) is 30.6 Å². The highest BCUT2D eigenvalue weighted by Crippen LogP contribution is 2.24. The summed E-state index contributed by atoms with van der Waals surface area (Å²) in [6, 6.07) is 4.90. The maximum absolute atomic E-state index is 12.2. The fraction of sp³-hybridized carbons (Fsp3) is 0.167. The summed E-state index contributed by atoms with van der Waals surface area (Å²) in [5, 5.41) is 0.202. The lowest BCUT2D eigenvalue weighted by atomic mass is 10.2.